The van der Waals surface area contributed by atoms with Gasteiger partial charge in [0.05, 0.1) is 11.1 Å². The zero-order chi connectivity index (χ0) is 14.4. The number of carboxylic acids is 2. The number of carbonyl (C=O) groups excluding carboxylic acids is 1. The molecule has 19 heavy (non-hydrogen) atoms. The van der Waals surface area contributed by atoms with Crippen LogP contribution in [-0.2, 0) is 4.79 Å². The standard InChI is InChI=1S/C13H13NO5/c1-8(15)14-6-2-3-9-4-5-10(12(16)17)7-11(9)13(18)19/h2-5,7H,6H2,1H3,(H,14,15)(H,16,17)(H,18,19). The lowest BCUT2D eigenvalue weighted by Gasteiger charge is -2.03. The zero-order valence-corrected chi connectivity index (χ0v) is 10.2. The number of amides is 1. The van der Waals surface area contributed by atoms with Gasteiger partial charge in [-0.2, -0.15) is 0 Å². The largest absolute Gasteiger partial charge is 0.478 e. The molecule has 100 valence electrons. The van der Waals surface area contributed by atoms with Crippen molar-refractivity contribution >= 4 is 23.9 Å². The molecule has 6 heteroatoms. The van der Waals surface area contributed by atoms with E-state index in [1.54, 1.807) is 6.08 Å². The van der Waals surface area contributed by atoms with Crippen molar-refractivity contribution in [3.05, 3.63) is 41.0 Å². The Bertz CT molecular complexity index is 548. The van der Waals surface area contributed by atoms with Crippen LogP contribution in [0.3, 0.4) is 0 Å². The maximum atomic E-state index is 11.0. The maximum absolute atomic E-state index is 11.0. The minimum absolute atomic E-state index is 0.0867. The van der Waals surface area contributed by atoms with Gasteiger partial charge in [0.2, 0.25) is 5.91 Å². The Morgan fingerprint density at radius 1 is 1.21 bits per heavy atom. The monoisotopic (exact) mass is 263 g/mol. The second-order valence-electron chi connectivity index (χ2n) is 3.75. The second kappa shape index (κ2) is 6.34. The number of hydrogen-bond donors (Lipinski definition) is 3. The summed E-state index contributed by atoms with van der Waals surface area (Å²) in [7, 11) is 0. The summed E-state index contributed by atoms with van der Waals surface area (Å²) in [4.78, 5) is 32.5. The SMILES string of the molecule is CC(=O)NCC=Cc1ccc(C(=O)O)cc1C(=O)O. The summed E-state index contributed by atoms with van der Waals surface area (Å²) < 4.78 is 0. The van der Waals surface area contributed by atoms with Gasteiger partial charge < -0.3 is 15.5 Å². The van der Waals surface area contributed by atoms with Crippen LogP contribution in [0, 0.1) is 0 Å². The van der Waals surface area contributed by atoms with Gasteiger partial charge in [-0.15, -0.1) is 0 Å². The molecule has 0 aliphatic carbocycles. The van der Waals surface area contributed by atoms with Crippen LogP contribution < -0.4 is 5.32 Å². The van der Waals surface area contributed by atoms with Gasteiger partial charge in [0.25, 0.3) is 0 Å². The third kappa shape index (κ3) is 4.27. The van der Waals surface area contributed by atoms with E-state index in [0.717, 1.165) is 6.07 Å². The van der Waals surface area contributed by atoms with Crippen molar-refractivity contribution < 1.29 is 24.6 Å². The Kier molecular flexibility index (Phi) is 4.82. The van der Waals surface area contributed by atoms with E-state index in [-0.39, 0.29) is 23.6 Å². The van der Waals surface area contributed by atoms with Crippen LogP contribution in [0.5, 0.6) is 0 Å². The van der Waals surface area contributed by atoms with Gasteiger partial charge in [-0.05, 0) is 17.7 Å². The molecule has 0 heterocycles. The van der Waals surface area contributed by atoms with Gasteiger partial charge in [-0.1, -0.05) is 18.2 Å². The molecule has 0 aliphatic heterocycles. The lowest BCUT2D eigenvalue weighted by Crippen LogP contribution is -2.19. The molecule has 0 saturated heterocycles. The smallest absolute Gasteiger partial charge is 0.336 e. The van der Waals surface area contributed by atoms with Crippen LogP contribution in [0.15, 0.2) is 24.3 Å². The van der Waals surface area contributed by atoms with Gasteiger partial charge in [0.1, 0.15) is 0 Å². The zero-order valence-electron chi connectivity index (χ0n) is 10.2. The molecule has 0 unspecified atom stereocenters. The number of nitrogens with one attached hydrogen (secondary N) is 1. The number of aromatic carboxylic acids is 2. The van der Waals surface area contributed by atoms with Crippen LogP contribution in [0.2, 0.25) is 0 Å². The van der Waals surface area contributed by atoms with E-state index >= 15 is 0 Å². The molecule has 1 rings (SSSR count). The van der Waals surface area contributed by atoms with Crippen molar-refractivity contribution in [3.63, 3.8) is 0 Å². The van der Waals surface area contributed by atoms with E-state index in [4.69, 9.17) is 10.2 Å². The molecule has 6 nitrogen and oxygen atoms in total. The highest BCUT2D eigenvalue weighted by molar-refractivity contribution is 5.96. The van der Waals surface area contributed by atoms with E-state index in [2.05, 4.69) is 5.32 Å². The van der Waals surface area contributed by atoms with Crippen molar-refractivity contribution in [2.75, 3.05) is 6.54 Å². The highest BCUT2D eigenvalue weighted by atomic mass is 16.4. The molecule has 1 aromatic rings. The average molecular weight is 263 g/mol. The molecule has 0 fully saturated rings. The molecule has 1 amide bonds. The Morgan fingerprint density at radius 2 is 1.89 bits per heavy atom. The van der Waals surface area contributed by atoms with Crippen molar-refractivity contribution in [1.82, 2.24) is 5.32 Å². The number of rotatable bonds is 5. The van der Waals surface area contributed by atoms with Crippen molar-refractivity contribution in [2.45, 2.75) is 6.92 Å². The van der Waals surface area contributed by atoms with Gasteiger partial charge in [-0.25, -0.2) is 9.59 Å². The number of benzene rings is 1. The molecule has 0 saturated carbocycles. The van der Waals surface area contributed by atoms with Crippen LogP contribution in [-0.4, -0.2) is 34.6 Å². The summed E-state index contributed by atoms with van der Waals surface area (Å²) in [6, 6.07) is 3.84. The Hall–Kier alpha value is -2.63. The van der Waals surface area contributed by atoms with E-state index < -0.39 is 11.9 Å². The molecule has 0 bridgehead atoms. The first-order valence-electron chi connectivity index (χ1n) is 5.43. The predicted molar refractivity (Wildman–Crippen MR) is 68.1 cm³/mol. The quantitative estimate of drug-likeness (QED) is 0.741. The molecule has 0 radical (unpaired) electrons. The third-order valence-electron chi connectivity index (χ3n) is 2.30. The fourth-order valence-corrected chi connectivity index (χ4v) is 1.41. The summed E-state index contributed by atoms with van der Waals surface area (Å²) in [5.74, 6) is -2.58. The molecular weight excluding hydrogens is 250 g/mol. The van der Waals surface area contributed by atoms with Gasteiger partial charge in [0, 0.05) is 13.5 Å². The van der Waals surface area contributed by atoms with Crippen LogP contribution >= 0.6 is 0 Å². The Labute approximate surface area is 109 Å². The summed E-state index contributed by atoms with van der Waals surface area (Å²) >= 11 is 0. The number of carbonyl (C=O) groups is 3. The van der Waals surface area contributed by atoms with Crippen molar-refractivity contribution in [3.8, 4) is 0 Å². The topological polar surface area (TPSA) is 104 Å². The summed E-state index contributed by atoms with van der Waals surface area (Å²) in [5.41, 5.74) is 0.193. The minimum Gasteiger partial charge on any atom is -0.478 e. The van der Waals surface area contributed by atoms with Crippen LogP contribution in [0.4, 0.5) is 0 Å². The Morgan fingerprint density at radius 3 is 2.42 bits per heavy atom. The van der Waals surface area contributed by atoms with E-state index in [1.807, 2.05) is 0 Å². The first-order valence-corrected chi connectivity index (χ1v) is 5.43. The van der Waals surface area contributed by atoms with Crippen LogP contribution in [0.1, 0.15) is 33.2 Å². The second-order valence-corrected chi connectivity index (χ2v) is 3.75. The molecular formula is C13H13NO5. The predicted octanol–water partition coefficient (Wildman–Crippen LogP) is 1.23. The number of carboxylic acid groups (broad SMARTS) is 2. The fraction of sp³-hybridized carbons (Fsp3) is 0.154. The molecule has 0 aliphatic rings. The maximum Gasteiger partial charge on any atom is 0.336 e. The van der Waals surface area contributed by atoms with Gasteiger partial charge in [0.15, 0.2) is 0 Å². The molecule has 0 atom stereocenters. The van der Waals surface area contributed by atoms with Gasteiger partial charge in [-0.3, -0.25) is 4.79 Å². The highest BCUT2D eigenvalue weighted by Gasteiger charge is 2.12. The van der Waals surface area contributed by atoms with E-state index in [1.165, 1.54) is 25.1 Å². The summed E-state index contributed by atoms with van der Waals surface area (Å²) in [5, 5.41) is 20.3. The summed E-state index contributed by atoms with van der Waals surface area (Å²) in [6.07, 6.45) is 3.11. The average Bonchev–Trinajstić information content (AvgIpc) is 2.34. The van der Waals surface area contributed by atoms with Crippen molar-refractivity contribution in [2.24, 2.45) is 0 Å². The lowest BCUT2D eigenvalue weighted by molar-refractivity contribution is -0.118. The van der Waals surface area contributed by atoms with Crippen LogP contribution in [0.25, 0.3) is 6.08 Å². The minimum atomic E-state index is -1.21. The summed E-state index contributed by atoms with van der Waals surface area (Å²) in [6.45, 7) is 1.65. The van der Waals surface area contributed by atoms with Gasteiger partial charge >= 0.3 is 11.9 Å². The Balaban J connectivity index is 2.97. The molecule has 0 spiro atoms. The highest BCUT2D eigenvalue weighted by Crippen LogP contribution is 2.14. The normalized spacial score (nSPS) is 10.4. The number of hydrogen-bond acceptors (Lipinski definition) is 3. The van der Waals surface area contributed by atoms with E-state index in [0.29, 0.717) is 5.56 Å². The lowest BCUT2D eigenvalue weighted by atomic mass is 10.0. The molecule has 3 N–H and O–H groups in total. The van der Waals surface area contributed by atoms with Crippen molar-refractivity contribution in [1.29, 1.82) is 0 Å². The fourth-order valence-electron chi connectivity index (χ4n) is 1.41. The third-order valence-corrected chi connectivity index (χ3v) is 2.30. The molecule has 0 aromatic heterocycles. The first-order chi connectivity index (χ1) is 8.91. The first kappa shape index (κ1) is 14.4. The van der Waals surface area contributed by atoms with E-state index in [9.17, 15) is 14.4 Å². The molecule has 1 aromatic carbocycles.